The number of benzene rings is 2. The molecule has 0 unspecified atom stereocenters. The van der Waals surface area contributed by atoms with Crippen molar-refractivity contribution in [2.24, 2.45) is 5.41 Å². The Morgan fingerprint density at radius 3 is 2.62 bits per heavy atom. The fourth-order valence-electron chi connectivity index (χ4n) is 2.13. The van der Waals surface area contributed by atoms with E-state index in [0.717, 1.165) is 22.1 Å². The van der Waals surface area contributed by atoms with Gasteiger partial charge in [-0.1, -0.05) is 30.3 Å². The summed E-state index contributed by atoms with van der Waals surface area (Å²) < 4.78 is 5.80. The summed E-state index contributed by atoms with van der Waals surface area (Å²) in [6.07, 6.45) is 0. The van der Waals surface area contributed by atoms with Gasteiger partial charge in [-0.15, -0.1) is 0 Å². The molecule has 21 heavy (non-hydrogen) atoms. The zero-order valence-electron chi connectivity index (χ0n) is 12.6. The Kier molecular flexibility index (Phi) is 4.48. The van der Waals surface area contributed by atoms with Crippen molar-refractivity contribution in [1.82, 2.24) is 5.32 Å². The predicted molar refractivity (Wildman–Crippen MR) is 83.6 cm³/mol. The van der Waals surface area contributed by atoms with Crippen LogP contribution in [0.3, 0.4) is 0 Å². The van der Waals surface area contributed by atoms with Gasteiger partial charge in [-0.25, -0.2) is 0 Å². The van der Waals surface area contributed by atoms with E-state index in [0.29, 0.717) is 6.54 Å². The van der Waals surface area contributed by atoms with Crippen LogP contribution in [0.4, 0.5) is 0 Å². The molecular weight excluding hydrogens is 266 g/mol. The number of nitrogens with one attached hydrogen (secondary N) is 1. The van der Waals surface area contributed by atoms with Gasteiger partial charge in [0.2, 0.25) is 0 Å². The van der Waals surface area contributed by atoms with Crippen molar-refractivity contribution in [3.05, 3.63) is 42.0 Å². The first kappa shape index (κ1) is 15.3. The van der Waals surface area contributed by atoms with E-state index in [1.54, 1.807) is 13.8 Å². The topological polar surface area (TPSA) is 58.6 Å². The average molecular weight is 287 g/mol. The number of rotatable bonds is 6. The minimum atomic E-state index is -0.914. The normalized spacial score (nSPS) is 11.6. The molecule has 0 bridgehead atoms. The highest BCUT2D eigenvalue weighted by Gasteiger charge is 2.28. The lowest BCUT2D eigenvalue weighted by Gasteiger charge is -2.21. The van der Waals surface area contributed by atoms with Crippen LogP contribution in [0.1, 0.15) is 19.4 Å². The third kappa shape index (κ3) is 3.34. The zero-order chi connectivity index (χ0) is 15.5. The summed E-state index contributed by atoms with van der Waals surface area (Å²) in [5.74, 6) is -0.129. The summed E-state index contributed by atoms with van der Waals surface area (Å²) >= 11 is 0. The molecule has 0 aromatic heterocycles. The first-order valence-electron chi connectivity index (χ1n) is 6.97. The smallest absolute Gasteiger partial charge is 0.312 e. The van der Waals surface area contributed by atoms with Crippen LogP contribution < -0.4 is 10.1 Å². The number of ether oxygens (including phenoxy) is 1. The van der Waals surface area contributed by atoms with Crippen LogP contribution in [0.15, 0.2) is 36.4 Å². The van der Waals surface area contributed by atoms with Gasteiger partial charge in [0.15, 0.2) is 0 Å². The molecule has 0 radical (unpaired) electrons. The molecule has 0 aliphatic carbocycles. The maximum Gasteiger partial charge on any atom is 0.312 e. The maximum atomic E-state index is 11.2. The van der Waals surface area contributed by atoms with Crippen LogP contribution in [0.5, 0.6) is 5.75 Å². The van der Waals surface area contributed by atoms with E-state index in [4.69, 9.17) is 4.74 Å². The van der Waals surface area contributed by atoms with Gasteiger partial charge in [-0.3, -0.25) is 4.79 Å². The van der Waals surface area contributed by atoms with E-state index in [1.165, 1.54) is 0 Å². The summed E-state index contributed by atoms with van der Waals surface area (Å²) in [5.41, 5.74) is 0.138. The average Bonchev–Trinajstić information content (AvgIpc) is 2.46. The standard InChI is InChI=1S/C17H21NO3/c1-17(2,16(19)20)11-21-15-9-8-12-6-4-5-7-13(12)14(15)10-18-3/h4-9,18H,10-11H2,1-3H3,(H,19,20). The highest BCUT2D eigenvalue weighted by molar-refractivity contribution is 5.87. The number of hydrogen-bond donors (Lipinski definition) is 2. The van der Waals surface area contributed by atoms with E-state index >= 15 is 0 Å². The van der Waals surface area contributed by atoms with Gasteiger partial charge in [0.1, 0.15) is 12.4 Å². The third-order valence-corrected chi connectivity index (χ3v) is 3.52. The Labute approximate surface area is 124 Å². The number of carboxylic acid groups (broad SMARTS) is 1. The highest BCUT2D eigenvalue weighted by Crippen LogP contribution is 2.29. The van der Waals surface area contributed by atoms with Gasteiger partial charge in [-0.2, -0.15) is 0 Å². The quantitative estimate of drug-likeness (QED) is 0.857. The molecule has 2 aromatic rings. The predicted octanol–water partition coefficient (Wildman–Crippen LogP) is 3.05. The van der Waals surface area contributed by atoms with E-state index in [1.807, 2.05) is 31.3 Å². The summed E-state index contributed by atoms with van der Waals surface area (Å²) in [6, 6.07) is 12.0. The summed E-state index contributed by atoms with van der Waals surface area (Å²) in [7, 11) is 1.88. The molecule has 0 fully saturated rings. The van der Waals surface area contributed by atoms with Crippen molar-refractivity contribution >= 4 is 16.7 Å². The second-order valence-electron chi connectivity index (χ2n) is 5.77. The van der Waals surface area contributed by atoms with Crippen LogP contribution in [0, 0.1) is 5.41 Å². The molecule has 0 heterocycles. The van der Waals surface area contributed by atoms with Gasteiger partial charge in [0.05, 0.1) is 5.41 Å². The number of carbonyl (C=O) groups is 1. The fourth-order valence-corrected chi connectivity index (χ4v) is 2.13. The van der Waals surface area contributed by atoms with Crippen molar-refractivity contribution in [3.8, 4) is 5.75 Å². The molecule has 0 aliphatic heterocycles. The highest BCUT2D eigenvalue weighted by atomic mass is 16.5. The molecule has 0 atom stereocenters. The molecule has 0 spiro atoms. The van der Waals surface area contributed by atoms with Crippen molar-refractivity contribution in [1.29, 1.82) is 0 Å². The van der Waals surface area contributed by atoms with Crippen molar-refractivity contribution in [3.63, 3.8) is 0 Å². The number of fused-ring (bicyclic) bond motifs is 1. The number of carboxylic acids is 1. The van der Waals surface area contributed by atoms with Gasteiger partial charge < -0.3 is 15.2 Å². The molecule has 2 aromatic carbocycles. The Morgan fingerprint density at radius 2 is 1.95 bits per heavy atom. The van der Waals surface area contributed by atoms with Gasteiger partial charge >= 0.3 is 5.97 Å². The van der Waals surface area contributed by atoms with Crippen LogP contribution in [-0.2, 0) is 11.3 Å². The largest absolute Gasteiger partial charge is 0.492 e. The monoisotopic (exact) mass is 287 g/mol. The molecule has 0 aliphatic rings. The third-order valence-electron chi connectivity index (χ3n) is 3.52. The number of hydrogen-bond acceptors (Lipinski definition) is 3. The molecule has 112 valence electrons. The lowest BCUT2D eigenvalue weighted by Crippen LogP contribution is -2.31. The second kappa shape index (κ2) is 6.14. The Morgan fingerprint density at radius 1 is 1.24 bits per heavy atom. The van der Waals surface area contributed by atoms with Gasteiger partial charge in [-0.05, 0) is 37.7 Å². The van der Waals surface area contributed by atoms with Gasteiger partial charge in [0, 0.05) is 12.1 Å². The molecular formula is C17H21NO3. The lowest BCUT2D eigenvalue weighted by atomic mass is 9.95. The van der Waals surface area contributed by atoms with Crippen molar-refractivity contribution in [2.45, 2.75) is 20.4 Å². The Balaban J connectivity index is 2.35. The van der Waals surface area contributed by atoms with Crippen LogP contribution in [-0.4, -0.2) is 24.7 Å². The van der Waals surface area contributed by atoms with Crippen LogP contribution in [0.25, 0.3) is 10.8 Å². The summed E-state index contributed by atoms with van der Waals surface area (Å²) in [6.45, 7) is 4.13. The minimum absolute atomic E-state index is 0.136. The van der Waals surface area contributed by atoms with Gasteiger partial charge in [0.25, 0.3) is 0 Å². The first-order valence-corrected chi connectivity index (χ1v) is 6.97. The maximum absolute atomic E-state index is 11.2. The summed E-state index contributed by atoms with van der Waals surface area (Å²) in [5, 5.41) is 14.6. The lowest BCUT2D eigenvalue weighted by molar-refractivity contribution is -0.148. The van der Waals surface area contributed by atoms with Crippen molar-refractivity contribution in [2.75, 3.05) is 13.7 Å². The summed E-state index contributed by atoms with van der Waals surface area (Å²) in [4.78, 5) is 11.2. The van der Waals surface area contributed by atoms with E-state index in [2.05, 4.69) is 17.4 Å². The molecule has 2 N–H and O–H groups in total. The first-order chi connectivity index (χ1) is 9.95. The number of aliphatic carboxylic acids is 1. The molecule has 0 saturated heterocycles. The van der Waals surface area contributed by atoms with E-state index in [-0.39, 0.29) is 6.61 Å². The Bertz CT molecular complexity index is 650. The van der Waals surface area contributed by atoms with Crippen LogP contribution >= 0.6 is 0 Å². The fraction of sp³-hybridized carbons (Fsp3) is 0.353. The van der Waals surface area contributed by atoms with E-state index in [9.17, 15) is 9.90 Å². The molecule has 2 rings (SSSR count). The van der Waals surface area contributed by atoms with E-state index < -0.39 is 11.4 Å². The Hall–Kier alpha value is -2.07. The second-order valence-corrected chi connectivity index (χ2v) is 5.77. The molecule has 4 nitrogen and oxygen atoms in total. The zero-order valence-corrected chi connectivity index (χ0v) is 12.6. The molecule has 0 saturated carbocycles. The SMILES string of the molecule is CNCc1c(OCC(C)(C)C(=O)O)ccc2ccccc12. The van der Waals surface area contributed by atoms with Crippen LogP contribution in [0.2, 0.25) is 0 Å². The minimum Gasteiger partial charge on any atom is -0.492 e. The molecule has 0 amide bonds. The van der Waals surface area contributed by atoms with Crippen molar-refractivity contribution < 1.29 is 14.6 Å². The molecule has 4 heteroatoms.